The zero-order valence-electron chi connectivity index (χ0n) is 12.1. The molecule has 0 radical (unpaired) electrons. The van der Waals surface area contributed by atoms with Crippen LogP contribution in [0.4, 0.5) is 0 Å². The number of ether oxygens (including phenoxy) is 1. The number of hydrogen-bond acceptors (Lipinski definition) is 4. The summed E-state index contributed by atoms with van der Waals surface area (Å²) < 4.78 is 28.3. The van der Waals surface area contributed by atoms with Gasteiger partial charge in [-0.1, -0.05) is 17.7 Å². The second-order valence-electron chi connectivity index (χ2n) is 4.84. The van der Waals surface area contributed by atoms with E-state index in [-0.39, 0.29) is 10.6 Å². The molecular weight excluding hydrogens is 342 g/mol. The van der Waals surface area contributed by atoms with Gasteiger partial charge in [0.2, 0.25) is 10.0 Å². The molecule has 3 N–H and O–H groups in total. The number of rotatable bonds is 5. The zero-order valence-corrected chi connectivity index (χ0v) is 13.7. The highest BCUT2D eigenvalue weighted by atomic mass is 35.5. The minimum absolute atomic E-state index is 0.0535. The Morgan fingerprint density at radius 2 is 1.91 bits per heavy atom. The van der Waals surface area contributed by atoms with Crippen LogP contribution in [0.1, 0.15) is 5.56 Å². The molecule has 2 aromatic carbocycles. The number of benzene rings is 2. The summed E-state index contributed by atoms with van der Waals surface area (Å²) >= 11 is 6.00. The van der Waals surface area contributed by atoms with Gasteiger partial charge in [-0.3, -0.25) is 0 Å². The number of hydrogen-bond donors (Lipinski definition) is 2. The van der Waals surface area contributed by atoms with Crippen LogP contribution in [-0.4, -0.2) is 26.1 Å². The molecule has 0 bridgehead atoms. The molecule has 2 aromatic rings. The Labute approximate surface area is 138 Å². The Morgan fingerprint density at radius 3 is 2.52 bits per heavy atom. The third-order valence-corrected chi connectivity index (χ3v) is 4.27. The highest BCUT2D eigenvalue weighted by Gasteiger charge is 2.15. The molecule has 8 heteroatoms. The molecule has 0 aliphatic rings. The lowest BCUT2D eigenvalue weighted by Gasteiger charge is -2.14. The summed E-state index contributed by atoms with van der Waals surface area (Å²) in [5, 5.41) is 14.3. The first-order valence-corrected chi connectivity index (χ1v) is 8.39. The lowest BCUT2D eigenvalue weighted by Crippen LogP contribution is -2.12. The molecule has 0 saturated heterocycles. The van der Waals surface area contributed by atoms with Crippen LogP contribution in [0.15, 0.2) is 41.3 Å². The molecule has 0 unspecified atom stereocenters. The molecule has 0 spiro atoms. The number of carboxylic acid groups (broad SMARTS) is 1. The van der Waals surface area contributed by atoms with Crippen LogP contribution in [0.2, 0.25) is 5.02 Å². The zero-order chi connectivity index (χ0) is 17.2. The van der Waals surface area contributed by atoms with Crippen molar-refractivity contribution in [3.05, 3.63) is 47.0 Å². The van der Waals surface area contributed by atoms with E-state index in [1.54, 1.807) is 25.1 Å². The number of aliphatic carboxylic acids is 1. The summed E-state index contributed by atoms with van der Waals surface area (Å²) in [5.41, 5.74) is 1.79. The van der Waals surface area contributed by atoms with Gasteiger partial charge in [-0.05, 0) is 48.4 Å². The van der Waals surface area contributed by atoms with Crippen molar-refractivity contribution in [2.24, 2.45) is 5.14 Å². The average Bonchev–Trinajstić information content (AvgIpc) is 2.45. The molecule has 0 aliphatic heterocycles. The smallest absolute Gasteiger partial charge is 0.341 e. The van der Waals surface area contributed by atoms with Gasteiger partial charge in [-0.15, -0.1) is 0 Å². The van der Waals surface area contributed by atoms with Gasteiger partial charge < -0.3 is 9.84 Å². The number of halogens is 1. The van der Waals surface area contributed by atoms with Gasteiger partial charge in [-0.25, -0.2) is 18.4 Å². The van der Waals surface area contributed by atoms with E-state index in [4.69, 9.17) is 26.6 Å². The van der Waals surface area contributed by atoms with Crippen molar-refractivity contribution in [2.45, 2.75) is 11.8 Å². The summed E-state index contributed by atoms with van der Waals surface area (Å²) in [5.74, 6) is -0.840. The SMILES string of the molecule is Cc1ccc(S(N)(=O)=O)cc1-c1cc(Cl)ccc1OCC(=O)O. The van der Waals surface area contributed by atoms with E-state index in [0.717, 1.165) is 5.56 Å². The van der Waals surface area contributed by atoms with Crippen molar-refractivity contribution in [2.75, 3.05) is 6.61 Å². The summed E-state index contributed by atoms with van der Waals surface area (Å²) in [6.07, 6.45) is 0. The van der Waals surface area contributed by atoms with Crippen LogP contribution in [0.25, 0.3) is 11.1 Å². The van der Waals surface area contributed by atoms with Crippen molar-refractivity contribution in [3.8, 4) is 16.9 Å². The third-order valence-electron chi connectivity index (χ3n) is 3.12. The minimum Gasteiger partial charge on any atom is -0.481 e. The van der Waals surface area contributed by atoms with Gasteiger partial charge >= 0.3 is 5.97 Å². The second kappa shape index (κ2) is 6.57. The summed E-state index contributed by atoms with van der Waals surface area (Å²) in [7, 11) is -3.87. The summed E-state index contributed by atoms with van der Waals surface area (Å²) in [4.78, 5) is 10.6. The van der Waals surface area contributed by atoms with Gasteiger partial charge in [0, 0.05) is 10.6 Å². The lowest BCUT2D eigenvalue weighted by molar-refractivity contribution is -0.139. The van der Waals surface area contributed by atoms with Crippen LogP contribution in [0.3, 0.4) is 0 Å². The van der Waals surface area contributed by atoms with Crippen molar-refractivity contribution >= 4 is 27.6 Å². The average molecular weight is 356 g/mol. The van der Waals surface area contributed by atoms with Gasteiger partial charge in [0.05, 0.1) is 4.90 Å². The quantitative estimate of drug-likeness (QED) is 0.856. The van der Waals surface area contributed by atoms with E-state index >= 15 is 0 Å². The Morgan fingerprint density at radius 1 is 1.22 bits per heavy atom. The minimum atomic E-state index is -3.87. The molecule has 2 rings (SSSR count). The predicted molar refractivity (Wildman–Crippen MR) is 86.1 cm³/mol. The normalized spacial score (nSPS) is 11.3. The molecule has 122 valence electrons. The van der Waals surface area contributed by atoms with Crippen molar-refractivity contribution in [1.82, 2.24) is 0 Å². The fraction of sp³-hybridized carbons (Fsp3) is 0.133. The molecule has 0 aromatic heterocycles. The topological polar surface area (TPSA) is 107 Å². The predicted octanol–water partition coefficient (Wildman–Crippen LogP) is 2.43. The monoisotopic (exact) mass is 355 g/mol. The van der Waals surface area contributed by atoms with Gasteiger partial charge in [0.15, 0.2) is 6.61 Å². The maximum Gasteiger partial charge on any atom is 0.341 e. The fourth-order valence-electron chi connectivity index (χ4n) is 2.05. The number of primary sulfonamides is 1. The van der Waals surface area contributed by atoms with E-state index < -0.39 is 22.6 Å². The van der Waals surface area contributed by atoms with E-state index in [0.29, 0.717) is 16.1 Å². The van der Waals surface area contributed by atoms with Crippen LogP contribution in [0.5, 0.6) is 5.75 Å². The molecule has 6 nitrogen and oxygen atoms in total. The first-order chi connectivity index (χ1) is 10.7. The first-order valence-electron chi connectivity index (χ1n) is 6.46. The van der Waals surface area contributed by atoms with Gasteiger partial charge in [0.25, 0.3) is 0 Å². The molecule has 0 saturated carbocycles. The van der Waals surface area contributed by atoms with Gasteiger partial charge in [-0.2, -0.15) is 0 Å². The Kier molecular flexibility index (Phi) is 4.93. The van der Waals surface area contributed by atoms with E-state index in [1.807, 2.05) is 0 Å². The number of aryl methyl sites for hydroxylation is 1. The van der Waals surface area contributed by atoms with Crippen molar-refractivity contribution in [1.29, 1.82) is 0 Å². The second-order valence-corrected chi connectivity index (χ2v) is 6.84. The Hall–Kier alpha value is -2.09. The summed E-state index contributed by atoms with van der Waals surface area (Å²) in [6, 6.07) is 9.08. The van der Waals surface area contributed by atoms with Crippen molar-refractivity contribution in [3.63, 3.8) is 0 Å². The fourth-order valence-corrected chi connectivity index (χ4v) is 2.76. The largest absolute Gasteiger partial charge is 0.481 e. The van der Waals surface area contributed by atoms with E-state index in [9.17, 15) is 13.2 Å². The van der Waals surface area contributed by atoms with Crippen LogP contribution in [0, 0.1) is 6.92 Å². The molecule has 0 amide bonds. The highest BCUT2D eigenvalue weighted by molar-refractivity contribution is 7.89. The molecular formula is C15H14ClNO5S. The van der Waals surface area contributed by atoms with Crippen LogP contribution >= 0.6 is 11.6 Å². The molecule has 0 atom stereocenters. The standard InChI is InChI=1S/C15H14ClNO5S/c1-9-2-4-11(23(17,20)21)7-12(9)13-6-10(16)3-5-14(13)22-8-15(18)19/h2-7H,8H2,1H3,(H,18,19)(H2,17,20,21). The molecule has 0 fully saturated rings. The van der Waals surface area contributed by atoms with E-state index in [2.05, 4.69) is 0 Å². The molecule has 23 heavy (non-hydrogen) atoms. The lowest BCUT2D eigenvalue weighted by atomic mass is 10.00. The van der Waals surface area contributed by atoms with Crippen molar-refractivity contribution < 1.29 is 23.1 Å². The number of sulfonamides is 1. The van der Waals surface area contributed by atoms with E-state index in [1.165, 1.54) is 18.2 Å². The summed E-state index contributed by atoms with van der Waals surface area (Å²) in [6.45, 7) is 1.26. The number of nitrogens with two attached hydrogens (primary N) is 1. The first kappa shape index (κ1) is 17.3. The Balaban J connectivity index is 2.61. The Bertz CT molecular complexity index is 864. The third kappa shape index (κ3) is 4.22. The van der Waals surface area contributed by atoms with Crippen LogP contribution in [-0.2, 0) is 14.8 Å². The van der Waals surface area contributed by atoms with Crippen LogP contribution < -0.4 is 9.88 Å². The number of carboxylic acids is 1. The molecule has 0 aliphatic carbocycles. The number of carbonyl (C=O) groups is 1. The van der Waals surface area contributed by atoms with Gasteiger partial charge in [0.1, 0.15) is 5.75 Å². The maximum atomic E-state index is 11.5. The molecule has 0 heterocycles. The highest BCUT2D eigenvalue weighted by Crippen LogP contribution is 2.35. The maximum absolute atomic E-state index is 11.5.